The van der Waals surface area contributed by atoms with E-state index in [9.17, 15) is 14.4 Å². The van der Waals surface area contributed by atoms with Gasteiger partial charge in [0.2, 0.25) is 0 Å². The van der Waals surface area contributed by atoms with Crippen LogP contribution in [0, 0.1) is 0 Å². The number of methoxy groups -OCH3 is 2. The van der Waals surface area contributed by atoms with Crippen molar-refractivity contribution in [2.75, 3.05) is 14.2 Å². The van der Waals surface area contributed by atoms with Crippen molar-refractivity contribution in [1.82, 2.24) is 4.57 Å². The molecule has 0 atom stereocenters. The van der Waals surface area contributed by atoms with Crippen LogP contribution in [0.5, 0.6) is 0 Å². The first kappa shape index (κ1) is 20.6. The number of fused-ring (bicyclic) bond motifs is 1. The second kappa shape index (κ2) is 8.57. The molecule has 156 valence electrons. The monoisotopic (exact) mass is 433 g/mol. The summed E-state index contributed by atoms with van der Waals surface area (Å²) >= 11 is 1.29. The number of carbonyl (C=O) groups excluding carboxylic acids is 3. The molecule has 0 saturated carbocycles. The van der Waals surface area contributed by atoms with Crippen LogP contribution in [0.25, 0.3) is 32.6 Å². The van der Waals surface area contributed by atoms with Crippen LogP contribution in [0.2, 0.25) is 0 Å². The molecular formula is C24H19NO5S. The summed E-state index contributed by atoms with van der Waals surface area (Å²) in [6.07, 6.45) is 0.799. The van der Waals surface area contributed by atoms with Crippen molar-refractivity contribution in [3.05, 3.63) is 71.1 Å². The first-order chi connectivity index (χ1) is 15.1. The summed E-state index contributed by atoms with van der Waals surface area (Å²) in [4.78, 5) is 36.8. The topological polar surface area (TPSA) is 74.6 Å². The van der Waals surface area contributed by atoms with Gasteiger partial charge < -0.3 is 14.0 Å². The number of ether oxygens (including phenoxy) is 2. The minimum Gasteiger partial charge on any atom is -0.468 e. The molecule has 2 aromatic carbocycles. The largest absolute Gasteiger partial charge is 0.468 e. The number of nitrogens with zero attached hydrogens (tertiary/aromatic N) is 1. The Kier molecular flexibility index (Phi) is 5.68. The summed E-state index contributed by atoms with van der Waals surface area (Å²) in [7, 11) is 2.66. The van der Waals surface area contributed by atoms with Crippen molar-refractivity contribution in [2.24, 2.45) is 0 Å². The number of aromatic nitrogens is 1. The van der Waals surface area contributed by atoms with E-state index in [0.29, 0.717) is 21.5 Å². The highest BCUT2D eigenvalue weighted by atomic mass is 32.1. The highest BCUT2D eigenvalue weighted by Gasteiger charge is 2.26. The van der Waals surface area contributed by atoms with E-state index in [4.69, 9.17) is 9.47 Å². The SMILES string of the molecule is COC(=O)Cn1c(-c2ccccc2C=O)c(-c2ccccc2)c2sc(C(=O)OC)cc21. The van der Waals surface area contributed by atoms with E-state index in [1.807, 2.05) is 42.5 Å². The quantitative estimate of drug-likeness (QED) is 0.322. The minimum absolute atomic E-state index is 0.0697. The number of hydrogen-bond acceptors (Lipinski definition) is 6. The second-order valence-corrected chi connectivity index (χ2v) is 7.83. The van der Waals surface area contributed by atoms with Crippen molar-refractivity contribution in [3.8, 4) is 22.4 Å². The van der Waals surface area contributed by atoms with Crippen LogP contribution in [0.4, 0.5) is 0 Å². The maximum atomic E-state index is 12.3. The Bertz CT molecular complexity index is 1290. The van der Waals surface area contributed by atoms with E-state index in [1.54, 1.807) is 22.8 Å². The summed E-state index contributed by atoms with van der Waals surface area (Å²) in [5.74, 6) is -0.883. The summed E-state index contributed by atoms with van der Waals surface area (Å²) in [6.45, 7) is -0.0697. The van der Waals surface area contributed by atoms with E-state index in [2.05, 4.69) is 0 Å². The first-order valence-corrected chi connectivity index (χ1v) is 10.3. The van der Waals surface area contributed by atoms with Crippen LogP contribution < -0.4 is 0 Å². The molecule has 0 radical (unpaired) electrons. The Balaban J connectivity index is 2.13. The van der Waals surface area contributed by atoms with Crippen LogP contribution in [-0.4, -0.2) is 37.0 Å². The normalized spacial score (nSPS) is 10.8. The number of hydrogen-bond donors (Lipinski definition) is 0. The fourth-order valence-corrected chi connectivity index (χ4v) is 4.80. The van der Waals surface area contributed by atoms with Gasteiger partial charge in [-0.2, -0.15) is 0 Å². The van der Waals surface area contributed by atoms with E-state index in [1.165, 1.54) is 25.6 Å². The maximum Gasteiger partial charge on any atom is 0.348 e. The van der Waals surface area contributed by atoms with Gasteiger partial charge in [0.05, 0.1) is 30.1 Å². The van der Waals surface area contributed by atoms with Gasteiger partial charge in [-0.25, -0.2) is 4.79 Å². The summed E-state index contributed by atoms with van der Waals surface area (Å²) < 4.78 is 12.4. The maximum absolute atomic E-state index is 12.3. The van der Waals surface area contributed by atoms with Gasteiger partial charge in [-0.3, -0.25) is 9.59 Å². The number of benzene rings is 2. The summed E-state index contributed by atoms with van der Waals surface area (Å²) in [6, 6.07) is 18.6. The van der Waals surface area contributed by atoms with Gasteiger partial charge in [-0.05, 0) is 11.6 Å². The van der Waals surface area contributed by atoms with E-state index in [-0.39, 0.29) is 6.54 Å². The zero-order valence-corrected chi connectivity index (χ0v) is 17.8. The zero-order valence-electron chi connectivity index (χ0n) is 17.0. The third-order valence-electron chi connectivity index (χ3n) is 5.04. The molecule has 0 amide bonds. The lowest BCUT2D eigenvalue weighted by atomic mass is 9.98. The van der Waals surface area contributed by atoms with Gasteiger partial charge in [0.15, 0.2) is 6.29 Å². The Labute approximate surface area is 182 Å². The highest BCUT2D eigenvalue weighted by molar-refractivity contribution is 7.21. The lowest BCUT2D eigenvalue weighted by molar-refractivity contribution is -0.141. The van der Waals surface area contributed by atoms with Crippen LogP contribution in [0.1, 0.15) is 20.0 Å². The van der Waals surface area contributed by atoms with E-state index < -0.39 is 11.9 Å². The van der Waals surface area contributed by atoms with Gasteiger partial charge in [0, 0.05) is 16.7 Å². The molecule has 0 aliphatic heterocycles. The van der Waals surface area contributed by atoms with E-state index >= 15 is 0 Å². The van der Waals surface area contributed by atoms with Crippen LogP contribution in [0.15, 0.2) is 60.7 Å². The Morgan fingerprint density at radius 3 is 2.39 bits per heavy atom. The van der Waals surface area contributed by atoms with Crippen molar-refractivity contribution in [1.29, 1.82) is 0 Å². The number of thiophene rings is 1. The lowest BCUT2D eigenvalue weighted by Crippen LogP contribution is -2.13. The molecule has 0 aliphatic rings. The molecule has 2 heterocycles. The average Bonchev–Trinajstić information content (AvgIpc) is 3.37. The molecule has 0 N–H and O–H groups in total. The molecule has 4 aromatic rings. The molecule has 0 unspecified atom stereocenters. The summed E-state index contributed by atoms with van der Waals surface area (Å²) in [5, 5.41) is 0. The first-order valence-electron chi connectivity index (χ1n) is 9.50. The number of carbonyl (C=O) groups is 3. The van der Waals surface area contributed by atoms with Gasteiger partial charge in [0.1, 0.15) is 11.4 Å². The fraction of sp³-hybridized carbons (Fsp3) is 0.125. The Morgan fingerprint density at radius 1 is 1.00 bits per heavy atom. The van der Waals surface area contributed by atoms with Crippen LogP contribution in [-0.2, 0) is 20.8 Å². The molecule has 0 aliphatic carbocycles. The molecular weight excluding hydrogens is 414 g/mol. The van der Waals surface area contributed by atoms with Crippen molar-refractivity contribution >= 4 is 39.8 Å². The molecule has 6 nitrogen and oxygen atoms in total. The van der Waals surface area contributed by atoms with Crippen molar-refractivity contribution in [3.63, 3.8) is 0 Å². The highest BCUT2D eigenvalue weighted by Crippen LogP contribution is 2.45. The number of esters is 2. The number of rotatable bonds is 6. The second-order valence-electron chi connectivity index (χ2n) is 6.77. The predicted molar refractivity (Wildman–Crippen MR) is 119 cm³/mol. The molecule has 0 fully saturated rings. The Morgan fingerprint density at radius 2 is 1.71 bits per heavy atom. The minimum atomic E-state index is -0.445. The molecule has 7 heteroatoms. The lowest BCUT2D eigenvalue weighted by Gasteiger charge is -2.14. The smallest absolute Gasteiger partial charge is 0.348 e. The van der Waals surface area contributed by atoms with Gasteiger partial charge in [0.25, 0.3) is 0 Å². The van der Waals surface area contributed by atoms with Crippen molar-refractivity contribution < 1.29 is 23.9 Å². The third kappa shape index (κ3) is 3.64. The van der Waals surface area contributed by atoms with Crippen LogP contribution >= 0.6 is 11.3 Å². The molecule has 0 bridgehead atoms. The zero-order chi connectivity index (χ0) is 22.0. The Hall–Kier alpha value is -3.71. The third-order valence-corrected chi connectivity index (χ3v) is 6.17. The van der Waals surface area contributed by atoms with Gasteiger partial charge in [-0.1, -0.05) is 54.6 Å². The summed E-state index contributed by atoms with van der Waals surface area (Å²) in [5.41, 5.74) is 4.37. The molecule has 0 spiro atoms. The molecule has 2 aromatic heterocycles. The van der Waals surface area contributed by atoms with Gasteiger partial charge in [-0.15, -0.1) is 11.3 Å². The van der Waals surface area contributed by atoms with Crippen LogP contribution in [0.3, 0.4) is 0 Å². The van der Waals surface area contributed by atoms with E-state index in [0.717, 1.165) is 27.8 Å². The predicted octanol–water partition coefficient (Wildman–Crippen LogP) is 4.81. The number of aldehydes is 1. The fourth-order valence-electron chi connectivity index (χ4n) is 3.65. The van der Waals surface area contributed by atoms with Crippen molar-refractivity contribution in [2.45, 2.75) is 6.54 Å². The van der Waals surface area contributed by atoms with Gasteiger partial charge >= 0.3 is 11.9 Å². The molecule has 0 saturated heterocycles. The average molecular weight is 433 g/mol. The molecule has 4 rings (SSSR count). The molecule has 31 heavy (non-hydrogen) atoms. The standard InChI is InChI=1S/C24H19NO5S/c1-29-20(27)13-25-18-12-19(24(28)30-2)31-23(18)21(15-8-4-3-5-9-15)22(25)17-11-7-6-10-16(17)14-26/h3-12,14H,13H2,1-2H3.